The van der Waals surface area contributed by atoms with Crippen molar-refractivity contribution in [3.8, 4) is 0 Å². The van der Waals surface area contributed by atoms with Gasteiger partial charge in [0.25, 0.3) is 10.0 Å². The largest absolute Gasteiger partial charge is 0.335 e. The van der Waals surface area contributed by atoms with Crippen LogP contribution in [-0.4, -0.2) is 41.3 Å². The smallest absolute Gasteiger partial charge is 0.260 e. The summed E-state index contributed by atoms with van der Waals surface area (Å²) in [4.78, 5) is 6.57. The van der Waals surface area contributed by atoms with Gasteiger partial charge in [0, 0.05) is 18.6 Å². The Morgan fingerprint density at radius 3 is 2.62 bits per heavy atom. The molecule has 0 aliphatic heterocycles. The fourth-order valence-electron chi connectivity index (χ4n) is 3.17. The van der Waals surface area contributed by atoms with Crippen LogP contribution in [0, 0.1) is 5.92 Å². The molecular formula is C14H26N4O2S. The number of H-pyrrole nitrogens is 1. The Morgan fingerprint density at radius 2 is 2.14 bits per heavy atom. The van der Waals surface area contributed by atoms with Crippen molar-refractivity contribution in [2.75, 3.05) is 13.1 Å². The minimum Gasteiger partial charge on any atom is -0.335 e. The van der Waals surface area contributed by atoms with Gasteiger partial charge in [-0.1, -0.05) is 13.8 Å². The zero-order chi connectivity index (χ0) is 15.5. The lowest BCUT2D eigenvalue weighted by Crippen LogP contribution is -2.58. The molecule has 0 aromatic carbocycles. The summed E-state index contributed by atoms with van der Waals surface area (Å²) >= 11 is 0. The molecule has 1 aromatic heterocycles. The highest BCUT2D eigenvalue weighted by molar-refractivity contribution is 7.89. The van der Waals surface area contributed by atoms with Gasteiger partial charge in [-0.15, -0.1) is 0 Å². The summed E-state index contributed by atoms with van der Waals surface area (Å²) in [5.74, 6) is 0.642. The van der Waals surface area contributed by atoms with E-state index in [0.717, 1.165) is 32.1 Å². The number of nitrogens with two attached hydrogens (primary N) is 1. The van der Waals surface area contributed by atoms with Crippen LogP contribution in [0.15, 0.2) is 17.6 Å². The molecule has 0 radical (unpaired) electrons. The third-order valence-electron chi connectivity index (χ3n) is 4.58. The number of aromatic nitrogens is 2. The van der Waals surface area contributed by atoms with E-state index in [1.807, 2.05) is 6.92 Å². The summed E-state index contributed by atoms with van der Waals surface area (Å²) in [6.45, 7) is 5.07. The highest BCUT2D eigenvalue weighted by Crippen LogP contribution is 2.38. The zero-order valence-corrected chi connectivity index (χ0v) is 13.7. The van der Waals surface area contributed by atoms with Crippen molar-refractivity contribution >= 4 is 10.0 Å². The molecule has 0 spiro atoms. The van der Waals surface area contributed by atoms with E-state index in [4.69, 9.17) is 5.73 Å². The molecule has 7 heteroatoms. The van der Waals surface area contributed by atoms with Crippen LogP contribution in [0.5, 0.6) is 0 Å². The Kier molecular flexibility index (Phi) is 5.06. The Morgan fingerprint density at radius 1 is 1.48 bits per heavy atom. The van der Waals surface area contributed by atoms with Crippen LogP contribution in [-0.2, 0) is 10.0 Å². The van der Waals surface area contributed by atoms with Crippen LogP contribution in [0.1, 0.15) is 46.0 Å². The van der Waals surface area contributed by atoms with E-state index in [0.29, 0.717) is 19.0 Å². The molecule has 6 nitrogen and oxygen atoms in total. The van der Waals surface area contributed by atoms with Crippen LogP contribution >= 0.6 is 0 Å². The lowest BCUT2D eigenvalue weighted by atomic mass is 9.77. The molecule has 0 atom stereocenters. The number of nitrogens with one attached hydrogen (secondary N) is 1. The maximum Gasteiger partial charge on any atom is 0.260 e. The Balaban J connectivity index is 2.37. The highest BCUT2D eigenvalue weighted by atomic mass is 32.2. The molecule has 1 aliphatic carbocycles. The lowest BCUT2D eigenvalue weighted by Gasteiger charge is -2.46. The maximum absolute atomic E-state index is 12.9. The summed E-state index contributed by atoms with van der Waals surface area (Å²) in [6, 6.07) is 0. The third kappa shape index (κ3) is 3.14. The number of aromatic amines is 1. The molecule has 0 unspecified atom stereocenters. The molecule has 1 heterocycles. The number of imidazole rings is 1. The van der Waals surface area contributed by atoms with Gasteiger partial charge in [-0.05, 0) is 38.0 Å². The van der Waals surface area contributed by atoms with E-state index in [1.54, 1.807) is 4.31 Å². The summed E-state index contributed by atoms with van der Waals surface area (Å²) in [7, 11) is -3.57. The normalized spacial score (nSPS) is 27.1. The number of hydrogen-bond donors (Lipinski definition) is 2. The van der Waals surface area contributed by atoms with Crippen molar-refractivity contribution in [2.45, 2.75) is 56.5 Å². The van der Waals surface area contributed by atoms with Crippen LogP contribution in [0.25, 0.3) is 0 Å². The summed E-state index contributed by atoms with van der Waals surface area (Å²) in [5.41, 5.74) is 5.58. The fourth-order valence-corrected chi connectivity index (χ4v) is 5.00. The second kappa shape index (κ2) is 6.46. The van der Waals surface area contributed by atoms with Crippen molar-refractivity contribution in [3.05, 3.63) is 12.5 Å². The van der Waals surface area contributed by atoms with Gasteiger partial charge < -0.3 is 10.7 Å². The van der Waals surface area contributed by atoms with Crippen LogP contribution in [0.3, 0.4) is 0 Å². The molecule has 120 valence electrons. The highest BCUT2D eigenvalue weighted by Gasteiger charge is 2.44. The van der Waals surface area contributed by atoms with Crippen LogP contribution in [0.4, 0.5) is 0 Å². The van der Waals surface area contributed by atoms with Gasteiger partial charge in [-0.2, -0.15) is 4.31 Å². The topological polar surface area (TPSA) is 92.1 Å². The molecule has 0 bridgehead atoms. The van der Waals surface area contributed by atoms with Crippen LogP contribution in [0.2, 0.25) is 0 Å². The first-order chi connectivity index (χ1) is 9.96. The first-order valence-electron chi connectivity index (χ1n) is 7.67. The number of rotatable bonds is 6. The number of nitrogens with zero attached hydrogens (tertiary/aromatic N) is 2. The molecular weight excluding hydrogens is 288 g/mol. The van der Waals surface area contributed by atoms with E-state index in [9.17, 15) is 8.42 Å². The fraction of sp³-hybridized carbons (Fsp3) is 0.786. The second-order valence-corrected chi connectivity index (χ2v) is 7.93. The predicted molar refractivity (Wildman–Crippen MR) is 82.2 cm³/mol. The van der Waals surface area contributed by atoms with E-state index in [-0.39, 0.29) is 5.03 Å². The summed E-state index contributed by atoms with van der Waals surface area (Å²) < 4.78 is 27.5. The van der Waals surface area contributed by atoms with Gasteiger partial charge in [-0.3, -0.25) is 0 Å². The Hall–Kier alpha value is -0.920. The zero-order valence-electron chi connectivity index (χ0n) is 12.9. The average Bonchev–Trinajstić information content (AvgIpc) is 3.01. The summed E-state index contributed by atoms with van der Waals surface area (Å²) in [5, 5.41) is 0.155. The standard InChI is InChI=1S/C14H26N4O2S/c1-3-8-18(21(19,20)13-9-16-11-17-13)14(10-15)6-4-12(2)5-7-14/h9,11-12H,3-8,10,15H2,1-2H3,(H,16,17). The van der Waals surface area contributed by atoms with E-state index >= 15 is 0 Å². The van der Waals surface area contributed by atoms with Crippen molar-refractivity contribution < 1.29 is 8.42 Å². The third-order valence-corrected chi connectivity index (χ3v) is 6.51. The SMILES string of the molecule is CCCN(C1(CN)CCC(C)CC1)S(=O)(=O)c1cnc[nH]1. The molecule has 1 fully saturated rings. The lowest BCUT2D eigenvalue weighted by molar-refractivity contribution is 0.115. The van der Waals surface area contributed by atoms with Crippen molar-refractivity contribution in [1.82, 2.24) is 14.3 Å². The molecule has 1 saturated carbocycles. The molecule has 1 aliphatic rings. The Labute approximate surface area is 127 Å². The quantitative estimate of drug-likeness (QED) is 0.836. The second-order valence-electron chi connectivity index (χ2n) is 6.10. The van der Waals surface area contributed by atoms with E-state index in [2.05, 4.69) is 16.9 Å². The van der Waals surface area contributed by atoms with E-state index < -0.39 is 15.6 Å². The first kappa shape index (κ1) is 16.5. The van der Waals surface area contributed by atoms with Crippen molar-refractivity contribution in [3.63, 3.8) is 0 Å². The van der Waals surface area contributed by atoms with Gasteiger partial charge in [0.15, 0.2) is 5.03 Å². The Bertz CT molecular complexity index is 533. The molecule has 0 saturated heterocycles. The molecule has 0 amide bonds. The van der Waals surface area contributed by atoms with E-state index in [1.165, 1.54) is 12.5 Å². The van der Waals surface area contributed by atoms with Crippen molar-refractivity contribution in [2.24, 2.45) is 11.7 Å². The first-order valence-corrected chi connectivity index (χ1v) is 9.11. The number of sulfonamides is 1. The monoisotopic (exact) mass is 314 g/mol. The van der Waals surface area contributed by atoms with Crippen molar-refractivity contribution in [1.29, 1.82) is 0 Å². The van der Waals surface area contributed by atoms with Gasteiger partial charge in [0.05, 0.1) is 12.5 Å². The van der Waals surface area contributed by atoms with Crippen LogP contribution < -0.4 is 5.73 Å². The predicted octanol–water partition coefficient (Wildman–Crippen LogP) is 1.72. The van der Waals surface area contributed by atoms with Gasteiger partial charge in [0.1, 0.15) is 0 Å². The maximum atomic E-state index is 12.9. The number of hydrogen-bond acceptors (Lipinski definition) is 4. The molecule has 3 N–H and O–H groups in total. The molecule has 21 heavy (non-hydrogen) atoms. The molecule has 2 rings (SSSR count). The van der Waals surface area contributed by atoms with Gasteiger partial charge >= 0.3 is 0 Å². The van der Waals surface area contributed by atoms with Gasteiger partial charge in [0.2, 0.25) is 0 Å². The summed E-state index contributed by atoms with van der Waals surface area (Å²) in [6.07, 6.45) is 7.25. The molecule has 1 aromatic rings. The average molecular weight is 314 g/mol. The van der Waals surface area contributed by atoms with Gasteiger partial charge in [-0.25, -0.2) is 13.4 Å². The minimum absolute atomic E-state index is 0.155. The minimum atomic E-state index is -3.57.